The highest BCUT2D eigenvalue weighted by Crippen LogP contribution is 2.33. The molecule has 7 nitrogen and oxygen atoms in total. The first kappa shape index (κ1) is 19.2. The molecule has 0 bridgehead atoms. The van der Waals surface area contributed by atoms with Crippen LogP contribution in [0.4, 0.5) is 5.69 Å². The third-order valence-electron chi connectivity index (χ3n) is 4.64. The lowest BCUT2D eigenvalue weighted by Crippen LogP contribution is -2.08. The van der Waals surface area contributed by atoms with Crippen LogP contribution in [-0.4, -0.2) is 34.2 Å². The average molecular weight is 409 g/mol. The summed E-state index contributed by atoms with van der Waals surface area (Å²) in [6.45, 7) is 4.35. The Kier molecular flexibility index (Phi) is 5.35. The number of hydrogen-bond acceptors (Lipinski definition) is 7. The van der Waals surface area contributed by atoms with E-state index in [1.807, 2.05) is 38.1 Å². The van der Waals surface area contributed by atoms with Gasteiger partial charge in [-0.3, -0.25) is 9.59 Å². The average Bonchev–Trinajstić information content (AvgIpc) is 3.32. The van der Waals surface area contributed by atoms with Gasteiger partial charge < -0.3 is 14.5 Å². The van der Waals surface area contributed by atoms with Crippen molar-refractivity contribution in [2.45, 2.75) is 25.0 Å². The number of carbonyl (C=O) groups is 2. The predicted molar refractivity (Wildman–Crippen MR) is 109 cm³/mol. The zero-order valence-electron chi connectivity index (χ0n) is 16.0. The van der Waals surface area contributed by atoms with Gasteiger partial charge in [-0.2, -0.15) is 0 Å². The van der Waals surface area contributed by atoms with Crippen LogP contribution >= 0.6 is 11.8 Å². The van der Waals surface area contributed by atoms with E-state index in [1.54, 1.807) is 18.2 Å². The third kappa shape index (κ3) is 4.02. The summed E-state index contributed by atoms with van der Waals surface area (Å²) in [5, 5.41) is 11.2. The molecule has 2 heterocycles. The van der Waals surface area contributed by atoms with Crippen LogP contribution in [0.25, 0.3) is 11.5 Å². The second-order valence-electron chi connectivity index (χ2n) is 6.56. The van der Waals surface area contributed by atoms with Gasteiger partial charge in [0, 0.05) is 16.8 Å². The van der Waals surface area contributed by atoms with Crippen LogP contribution in [0.5, 0.6) is 5.75 Å². The van der Waals surface area contributed by atoms with E-state index in [2.05, 4.69) is 15.5 Å². The molecular weight excluding hydrogens is 390 g/mol. The van der Waals surface area contributed by atoms with E-state index in [0.717, 1.165) is 22.6 Å². The molecule has 148 valence electrons. The highest BCUT2D eigenvalue weighted by molar-refractivity contribution is 7.99. The van der Waals surface area contributed by atoms with Crippen molar-refractivity contribution in [3.05, 3.63) is 53.6 Å². The second-order valence-corrected chi connectivity index (χ2v) is 7.48. The van der Waals surface area contributed by atoms with Gasteiger partial charge in [0.2, 0.25) is 11.8 Å². The topological polar surface area (TPSA) is 94.3 Å². The van der Waals surface area contributed by atoms with Gasteiger partial charge in [0.1, 0.15) is 5.75 Å². The van der Waals surface area contributed by atoms with Crippen molar-refractivity contribution >= 4 is 29.1 Å². The van der Waals surface area contributed by atoms with Gasteiger partial charge in [0.15, 0.2) is 5.78 Å². The van der Waals surface area contributed by atoms with E-state index in [0.29, 0.717) is 23.3 Å². The van der Waals surface area contributed by atoms with Crippen LogP contribution in [0, 0.1) is 0 Å². The number of carbonyl (C=O) groups excluding carboxylic acids is 2. The van der Waals surface area contributed by atoms with Gasteiger partial charge in [0.05, 0.1) is 18.3 Å². The number of fused-ring (bicyclic) bond motifs is 1. The Morgan fingerprint density at radius 3 is 2.76 bits per heavy atom. The molecule has 1 aliphatic heterocycles. The lowest BCUT2D eigenvalue weighted by atomic mass is 9.99. The van der Waals surface area contributed by atoms with Gasteiger partial charge in [-0.15, -0.1) is 10.2 Å². The van der Waals surface area contributed by atoms with Crippen LogP contribution in [-0.2, 0) is 4.79 Å². The molecule has 1 N–H and O–H groups in total. The molecule has 1 amide bonds. The summed E-state index contributed by atoms with van der Waals surface area (Å²) in [5.41, 5.74) is 2.96. The minimum absolute atomic E-state index is 0.0494. The second kappa shape index (κ2) is 8.08. The molecule has 4 rings (SSSR count). The van der Waals surface area contributed by atoms with Crippen LogP contribution < -0.4 is 10.1 Å². The Hall–Kier alpha value is -3.13. The summed E-state index contributed by atoms with van der Waals surface area (Å²) >= 11 is 1.19. The maximum Gasteiger partial charge on any atom is 0.277 e. The van der Waals surface area contributed by atoms with Gasteiger partial charge in [-0.25, -0.2) is 0 Å². The molecule has 0 spiro atoms. The van der Waals surface area contributed by atoms with E-state index in [9.17, 15) is 9.59 Å². The molecule has 1 aromatic heterocycles. The Labute approximate surface area is 171 Å². The van der Waals surface area contributed by atoms with Crippen molar-refractivity contribution in [1.82, 2.24) is 10.2 Å². The SMILES string of the molecule is CCOc1ccc(-c2nnc(SCC(=O)c3ccc4c(c3)[C@@H](C)C(=O)N4)o2)cc1. The number of rotatable bonds is 7. The fourth-order valence-corrected chi connectivity index (χ4v) is 3.70. The number of amides is 1. The molecule has 3 aromatic rings. The summed E-state index contributed by atoms with van der Waals surface area (Å²) in [7, 11) is 0. The minimum Gasteiger partial charge on any atom is -0.494 e. The fraction of sp³-hybridized carbons (Fsp3) is 0.238. The number of nitrogens with zero attached hydrogens (tertiary/aromatic N) is 2. The van der Waals surface area contributed by atoms with Gasteiger partial charge in [-0.1, -0.05) is 11.8 Å². The molecule has 0 aliphatic carbocycles. The summed E-state index contributed by atoms with van der Waals surface area (Å²) in [6.07, 6.45) is 0. The molecule has 0 saturated carbocycles. The molecule has 0 unspecified atom stereocenters. The number of ether oxygens (including phenoxy) is 1. The summed E-state index contributed by atoms with van der Waals surface area (Å²) in [4.78, 5) is 24.3. The lowest BCUT2D eigenvalue weighted by Gasteiger charge is -2.04. The van der Waals surface area contributed by atoms with Crippen LogP contribution in [0.15, 0.2) is 52.1 Å². The highest BCUT2D eigenvalue weighted by Gasteiger charge is 2.27. The van der Waals surface area contributed by atoms with E-state index < -0.39 is 0 Å². The van der Waals surface area contributed by atoms with Crippen molar-refractivity contribution in [1.29, 1.82) is 0 Å². The number of anilines is 1. The first-order valence-electron chi connectivity index (χ1n) is 9.22. The predicted octanol–water partition coefficient (Wildman–Crippen LogP) is 4.17. The van der Waals surface area contributed by atoms with Gasteiger partial charge in [0.25, 0.3) is 5.22 Å². The standard InChI is InChI=1S/C21H19N3O4S/c1-3-27-15-7-4-13(5-8-15)20-23-24-21(28-20)29-11-18(25)14-6-9-17-16(10-14)12(2)19(26)22-17/h4-10,12H,3,11H2,1-2H3,(H,22,26)/t12-/m1/s1. The summed E-state index contributed by atoms with van der Waals surface area (Å²) in [6, 6.07) is 12.6. The number of thioether (sulfide) groups is 1. The van der Waals surface area contributed by atoms with Crippen molar-refractivity contribution < 1.29 is 18.7 Å². The van der Waals surface area contributed by atoms with E-state index in [-0.39, 0.29) is 23.4 Å². The van der Waals surface area contributed by atoms with Crippen molar-refractivity contribution in [2.75, 3.05) is 17.7 Å². The zero-order valence-corrected chi connectivity index (χ0v) is 16.8. The molecule has 0 fully saturated rings. The summed E-state index contributed by atoms with van der Waals surface area (Å²) < 4.78 is 11.1. The number of ketones is 1. The largest absolute Gasteiger partial charge is 0.494 e. The normalized spacial score (nSPS) is 15.1. The van der Waals surface area contributed by atoms with E-state index in [4.69, 9.17) is 9.15 Å². The molecule has 1 atom stereocenters. The Balaban J connectivity index is 1.40. The van der Waals surface area contributed by atoms with Crippen molar-refractivity contribution in [2.24, 2.45) is 0 Å². The smallest absolute Gasteiger partial charge is 0.277 e. The maximum absolute atomic E-state index is 12.6. The van der Waals surface area contributed by atoms with Crippen molar-refractivity contribution in [3.8, 4) is 17.2 Å². The van der Waals surface area contributed by atoms with E-state index >= 15 is 0 Å². The third-order valence-corrected chi connectivity index (χ3v) is 5.46. The number of hydrogen-bond donors (Lipinski definition) is 1. The number of Topliss-reactive ketones (excluding diaryl/α,β-unsaturated/α-hetero) is 1. The maximum atomic E-state index is 12.6. The Morgan fingerprint density at radius 1 is 1.21 bits per heavy atom. The van der Waals surface area contributed by atoms with Crippen LogP contribution in [0.3, 0.4) is 0 Å². The van der Waals surface area contributed by atoms with E-state index in [1.165, 1.54) is 11.8 Å². The molecule has 29 heavy (non-hydrogen) atoms. The first-order chi connectivity index (χ1) is 14.0. The highest BCUT2D eigenvalue weighted by atomic mass is 32.2. The number of benzene rings is 2. The molecule has 8 heteroatoms. The van der Waals surface area contributed by atoms with Gasteiger partial charge in [-0.05, 0) is 61.9 Å². The summed E-state index contributed by atoms with van der Waals surface area (Å²) in [5.74, 6) is 0.963. The monoisotopic (exact) mass is 409 g/mol. The zero-order chi connectivity index (χ0) is 20.4. The van der Waals surface area contributed by atoms with Crippen LogP contribution in [0.1, 0.15) is 35.7 Å². The molecular formula is C21H19N3O4S. The fourth-order valence-electron chi connectivity index (χ4n) is 3.05. The van der Waals surface area contributed by atoms with Crippen molar-refractivity contribution in [3.63, 3.8) is 0 Å². The Bertz CT molecular complexity index is 1060. The molecule has 0 radical (unpaired) electrons. The van der Waals surface area contributed by atoms with Crippen LogP contribution in [0.2, 0.25) is 0 Å². The first-order valence-corrected chi connectivity index (χ1v) is 10.2. The number of nitrogens with one attached hydrogen (secondary N) is 1. The number of aromatic nitrogens is 2. The molecule has 2 aromatic carbocycles. The lowest BCUT2D eigenvalue weighted by molar-refractivity contribution is -0.116. The van der Waals surface area contributed by atoms with Gasteiger partial charge >= 0.3 is 0 Å². The molecule has 0 saturated heterocycles. The molecule has 1 aliphatic rings. The minimum atomic E-state index is -0.252. The quantitative estimate of drug-likeness (QED) is 0.462. The Morgan fingerprint density at radius 2 is 2.00 bits per heavy atom.